The first-order valence-electron chi connectivity index (χ1n) is 9.68. The lowest BCUT2D eigenvalue weighted by Gasteiger charge is -2.24. The quantitative estimate of drug-likeness (QED) is 0.492. The van der Waals surface area contributed by atoms with Crippen LogP contribution in [0.4, 0.5) is 0 Å². The van der Waals surface area contributed by atoms with Crippen LogP contribution in [0.3, 0.4) is 0 Å². The minimum atomic E-state index is -1.59. The Labute approximate surface area is 180 Å². The Morgan fingerprint density at radius 1 is 1.10 bits per heavy atom. The predicted octanol–water partition coefficient (Wildman–Crippen LogP) is 2.04. The number of carboxylic acid groups (broad SMARTS) is 1. The van der Waals surface area contributed by atoms with Crippen molar-refractivity contribution < 1.29 is 9.90 Å². The van der Waals surface area contributed by atoms with Gasteiger partial charge in [0.05, 0.1) is 17.8 Å². The van der Waals surface area contributed by atoms with Crippen molar-refractivity contribution in [3.8, 4) is 0 Å². The summed E-state index contributed by atoms with van der Waals surface area (Å²) in [4.78, 5) is 40.8. The van der Waals surface area contributed by atoms with E-state index in [-0.39, 0.29) is 0 Å². The van der Waals surface area contributed by atoms with Crippen LogP contribution in [0.25, 0.3) is 10.2 Å². The number of nitrogens with zero attached hydrogens (tertiary/aromatic N) is 5. The zero-order valence-corrected chi connectivity index (χ0v) is 18.1. The molecule has 0 saturated heterocycles. The number of aliphatic carboxylic acids is 1. The molecule has 31 heavy (non-hydrogen) atoms. The summed E-state index contributed by atoms with van der Waals surface area (Å²) in [6.07, 6.45) is 4.11. The maximum atomic E-state index is 13.3. The van der Waals surface area contributed by atoms with E-state index in [1.165, 1.54) is 37.6 Å². The number of hydrogen-bond acceptors (Lipinski definition) is 6. The maximum absolute atomic E-state index is 13.3. The third-order valence-electron chi connectivity index (χ3n) is 5.36. The van der Waals surface area contributed by atoms with Crippen molar-refractivity contribution in [2.24, 2.45) is 0 Å². The molecule has 0 atom stereocenters. The number of fused-ring (bicyclic) bond motifs is 1. The second-order valence-electron chi connectivity index (χ2n) is 7.71. The van der Waals surface area contributed by atoms with Crippen molar-refractivity contribution in [3.05, 3.63) is 79.6 Å². The van der Waals surface area contributed by atoms with Gasteiger partial charge in [-0.1, -0.05) is 35.2 Å². The lowest BCUT2D eigenvalue weighted by atomic mass is 10.0. The predicted molar refractivity (Wildman–Crippen MR) is 117 cm³/mol. The van der Waals surface area contributed by atoms with Gasteiger partial charge in [-0.05, 0) is 44.7 Å². The van der Waals surface area contributed by atoms with E-state index in [0.717, 1.165) is 36.6 Å². The van der Waals surface area contributed by atoms with Crippen molar-refractivity contribution in [1.82, 2.24) is 24.3 Å². The normalized spacial score (nSPS) is 11.8. The molecule has 0 spiro atoms. The summed E-state index contributed by atoms with van der Waals surface area (Å²) in [6, 6.07) is 9.95. The molecule has 3 aromatic heterocycles. The molecule has 0 unspecified atom stereocenters. The Hall–Kier alpha value is -3.53. The highest BCUT2D eigenvalue weighted by molar-refractivity contribution is 7.18. The number of hydrogen-bond donors (Lipinski definition) is 1. The van der Waals surface area contributed by atoms with Gasteiger partial charge in [0.15, 0.2) is 0 Å². The maximum Gasteiger partial charge on any atom is 0.355 e. The standard InChI is InChI=1S/C21H21N5O4S/c1-13-15(10-9-14-7-5-4-6-8-14)31-18-16(13)17(27)25(26-22-11-12-23-26)20(30)24(18)21(2,3)19(28)29/h4-8,11-12H,9-10H2,1-3H3,(H,28,29). The number of benzene rings is 1. The van der Waals surface area contributed by atoms with Gasteiger partial charge in [-0.3, -0.25) is 9.36 Å². The fourth-order valence-corrected chi connectivity index (χ4v) is 4.96. The van der Waals surface area contributed by atoms with Gasteiger partial charge >= 0.3 is 11.7 Å². The third-order valence-corrected chi connectivity index (χ3v) is 6.70. The Bertz CT molecular complexity index is 1380. The average molecular weight is 439 g/mol. The third kappa shape index (κ3) is 3.38. The van der Waals surface area contributed by atoms with Crippen molar-refractivity contribution in [3.63, 3.8) is 0 Å². The molecule has 0 aliphatic rings. The van der Waals surface area contributed by atoms with Crippen LogP contribution in [-0.4, -0.2) is 35.4 Å². The van der Waals surface area contributed by atoms with E-state index in [1.807, 2.05) is 37.3 Å². The highest BCUT2D eigenvalue weighted by Crippen LogP contribution is 2.31. The molecule has 0 amide bonds. The average Bonchev–Trinajstić information content (AvgIpc) is 3.35. The molecule has 160 valence electrons. The van der Waals surface area contributed by atoms with Crippen LogP contribution in [0.1, 0.15) is 29.9 Å². The van der Waals surface area contributed by atoms with Crippen molar-refractivity contribution in [1.29, 1.82) is 0 Å². The van der Waals surface area contributed by atoms with Crippen LogP contribution in [0, 0.1) is 6.92 Å². The lowest BCUT2D eigenvalue weighted by Crippen LogP contribution is -2.51. The zero-order chi connectivity index (χ0) is 22.3. The Balaban J connectivity index is 1.99. The molecule has 0 radical (unpaired) electrons. The van der Waals surface area contributed by atoms with Crippen LogP contribution >= 0.6 is 11.3 Å². The van der Waals surface area contributed by atoms with E-state index in [1.54, 1.807) is 0 Å². The molecule has 3 heterocycles. The monoisotopic (exact) mass is 439 g/mol. The zero-order valence-electron chi connectivity index (χ0n) is 17.3. The smallest absolute Gasteiger partial charge is 0.355 e. The van der Waals surface area contributed by atoms with E-state index in [9.17, 15) is 19.5 Å². The summed E-state index contributed by atoms with van der Waals surface area (Å²) in [5, 5.41) is 17.9. The highest BCUT2D eigenvalue weighted by atomic mass is 32.1. The van der Waals surface area contributed by atoms with E-state index in [0.29, 0.717) is 16.6 Å². The number of aromatic nitrogens is 5. The Morgan fingerprint density at radius 2 is 1.74 bits per heavy atom. The minimum absolute atomic E-state index is 0.305. The van der Waals surface area contributed by atoms with Crippen LogP contribution in [-0.2, 0) is 23.2 Å². The molecule has 0 bridgehead atoms. The molecule has 9 nitrogen and oxygen atoms in total. The molecule has 1 aromatic carbocycles. The number of thiophene rings is 1. The lowest BCUT2D eigenvalue weighted by molar-refractivity contribution is -0.145. The van der Waals surface area contributed by atoms with Crippen LogP contribution < -0.4 is 11.2 Å². The fraction of sp³-hybridized carbons (Fsp3) is 0.286. The van der Waals surface area contributed by atoms with Gasteiger partial charge in [0, 0.05) is 4.88 Å². The molecular weight excluding hydrogens is 418 g/mol. The van der Waals surface area contributed by atoms with E-state index in [4.69, 9.17) is 0 Å². The molecule has 1 N–H and O–H groups in total. The van der Waals surface area contributed by atoms with Crippen LogP contribution in [0.2, 0.25) is 0 Å². The van der Waals surface area contributed by atoms with Crippen molar-refractivity contribution in [2.75, 3.05) is 0 Å². The first kappa shape index (κ1) is 20.7. The van der Waals surface area contributed by atoms with E-state index >= 15 is 0 Å². The summed E-state index contributed by atoms with van der Waals surface area (Å²) < 4.78 is 1.92. The number of carboxylic acids is 1. The number of carbonyl (C=O) groups is 1. The molecule has 4 aromatic rings. The van der Waals surface area contributed by atoms with Crippen molar-refractivity contribution >= 4 is 27.5 Å². The SMILES string of the molecule is Cc1c(CCc2ccccc2)sc2c1c(=O)n(-n1nccn1)c(=O)n2C(C)(C)C(=O)O. The van der Waals surface area contributed by atoms with Gasteiger partial charge < -0.3 is 5.11 Å². The summed E-state index contributed by atoms with van der Waals surface area (Å²) >= 11 is 1.28. The topological polar surface area (TPSA) is 112 Å². The Kier molecular flexibility index (Phi) is 5.10. The molecule has 0 fully saturated rings. The van der Waals surface area contributed by atoms with Gasteiger partial charge in [0.1, 0.15) is 10.4 Å². The Morgan fingerprint density at radius 3 is 2.35 bits per heavy atom. The van der Waals surface area contributed by atoms with Gasteiger partial charge in [0.2, 0.25) is 0 Å². The van der Waals surface area contributed by atoms with Crippen LogP contribution in [0.15, 0.2) is 52.3 Å². The highest BCUT2D eigenvalue weighted by Gasteiger charge is 2.35. The number of aryl methyl sites for hydroxylation is 3. The first-order chi connectivity index (χ1) is 14.7. The molecule has 4 rings (SSSR count). The molecule has 0 aliphatic heterocycles. The molecular formula is C21H21N5O4S. The summed E-state index contributed by atoms with van der Waals surface area (Å²) in [6.45, 7) is 4.68. The molecule has 0 aliphatic carbocycles. The summed E-state index contributed by atoms with van der Waals surface area (Å²) in [5.74, 6) is -1.19. The summed E-state index contributed by atoms with van der Waals surface area (Å²) in [7, 11) is 0. The van der Waals surface area contributed by atoms with Crippen molar-refractivity contribution in [2.45, 2.75) is 39.2 Å². The van der Waals surface area contributed by atoms with E-state index < -0.39 is 22.8 Å². The molecule has 0 saturated carbocycles. The second kappa shape index (κ2) is 7.62. The minimum Gasteiger partial charge on any atom is -0.480 e. The van der Waals surface area contributed by atoms with Crippen LogP contribution in [0.5, 0.6) is 0 Å². The fourth-order valence-electron chi connectivity index (χ4n) is 3.53. The largest absolute Gasteiger partial charge is 0.480 e. The second-order valence-corrected chi connectivity index (χ2v) is 8.80. The molecule has 10 heteroatoms. The first-order valence-corrected chi connectivity index (χ1v) is 10.5. The van der Waals surface area contributed by atoms with Gasteiger partial charge in [-0.25, -0.2) is 9.59 Å². The van der Waals surface area contributed by atoms with Gasteiger partial charge in [0.25, 0.3) is 5.56 Å². The number of rotatable bonds is 6. The van der Waals surface area contributed by atoms with Gasteiger partial charge in [-0.2, -0.15) is 0 Å². The summed E-state index contributed by atoms with van der Waals surface area (Å²) in [5.41, 5.74) is -1.09. The van der Waals surface area contributed by atoms with Gasteiger partial charge in [-0.15, -0.1) is 26.2 Å². The van der Waals surface area contributed by atoms with E-state index in [2.05, 4.69) is 10.2 Å².